The predicted molar refractivity (Wildman–Crippen MR) is 69.6 cm³/mol. The van der Waals surface area contributed by atoms with Crippen molar-refractivity contribution in [1.29, 1.82) is 0 Å². The van der Waals surface area contributed by atoms with E-state index in [1.807, 2.05) is 27.7 Å². The summed E-state index contributed by atoms with van der Waals surface area (Å²) in [6.07, 6.45) is 3.82. The van der Waals surface area contributed by atoms with E-state index in [2.05, 4.69) is 19.7 Å². The number of allylic oxidation sites excluding steroid dienone is 2. The Morgan fingerprint density at radius 3 is 1.87 bits per heavy atom. The highest BCUT2D eigenvalue weighted by molar-refractivity contribution is 5.77. The molecule has 0 bridgehead atoms. The molecule has 0 aliphatic heterocycles. The van der Waals surface area contributed by atoms with Gasteiger partial charge in [-0.25, -0.2) is 0 Å². The summed E-state index contributed by atoms with van der Waals surface area (Å²) in [6.45, 7) is 18.2. The third-order valence-corrected chi connectivity index (χ3v) is 1.34. The summed E-state index contributed by atoms with van der Waals surface area (Å²) in [5.74, 6) is 0.0601. The Hall–Kier alpha value is -1.31. The molecule has 0 heterocycles. The molecule has 0 aromatic heterocycles. The molecule has 88 valence electrons. The minimum atomic E-state index is 0.0601. The molecular weight excluding hydrogens is 186 g/mol. The first-order valence-corrected chi connectivity index (χ1v) is 5.20. The maximum absolute atomic E-state index is 10.9. The van der Waals surface area contributed by atoms with Gasteiger partial charge in [0.25, 0.3) is 0 Å². The number of nitrogens with zero attached hydrogens (tertiary/aromatic N) is 1. The molecule has 0 fully saturated rings. The zero-order chi connectivity index (χ0) is 12.9. The molecule has 0 saturated heterocycles. The quantitative estimate of drug-likeness (QED) is 0.514. The highest BCUT2D eigenvalue weighted by Gasteiger charge is 2.05. The van der Waals surface area contributed by atoms with E-state index in [-0.39, 0.29) is 5.91 Å². The molecule has 0 saturated carbocycles. The fraction of sp³-hybridized carbons (Fsp3) is 0.462. The van der Waals surface area contributed by atoms with Gasteiger partial charge in [-0.2, -0.15) is 0 Å². The van der Waals surface area contributed by atoms with Gasteiger partial charge in [-0.15, -0.1) is 6.58 Å². The van der Waals surface area contributed by atoms with E-state index in [4.69, 9.17) is 0 Å². The first kappa shape index (κ1) is 19.3. The molecule has 0 atom stereocenters. The molecular formula is C13H25NO. The van der Waals surface area contributed by atoms with Crippen molar-refractivity contribution < 1.29 is 4.79 Å². The molecule has 0 spiro atoms. The number of amides is 1. The lowest BCUT2D eigenvalue weighted by Crippen LogP contribution is -2.23. The molecule has 0 aliphatic carbocycles. The Morgan fingerprint density at radius 1 is 1.33 bits per heavy atom. The van der Waals surface area contributed by atoms with Crippen molar-refractivity contribution in [2.24, 2.45) is 0 Å². The molecule has 0 unspecified atom stereocenters. The lowest BCUT2D eigenvalue weighted by molar-refractivity contribution is -0.127. The largest absolute Gasteiger partial charge is 0.316 e. The molecule has 1 amide bonds. The average Bonchev–Trinajstić information content (AvgIpc) is 2.29. The normalized spacial score (nSPS) is 7.00. The molecule has 0 radical (unpaired) electrons. The number of likely N-dealkylation sites (N-methyl/N-ethyl adjacent to an activating group) is 1. The summed E-state index contributed by atoms with van der Waals surface area (Å²) < 4.78 is 0. The van der Waals surface area contributed by atoms with Crippen LogP contribution in [0.2, 0.25) is 0 Å². The Balaban J connectivity index is -0.000000245. The minimum absolute atomic E-state index is 0.0601. The SMILES string of the molecule is C=CC.C=CC(=C)N(C)C(=O)CC.CC. The third kappa shape index (κ3) is 12.7. The summed E-state index contributed by atoms with van der Waals surface area (Å²) in [6, 6.07) is 0. The Labute approximate surface area is 95.0 Å². The number of hydrogen-bond acceptors (Lipinski definition) is 1. The second-order valence-corrected chi connectivity index (χ2v) is 2.41. The monoisotopic (exact) mass is 211 g/mol. The minimum Gasteiger partial charge on any atom is -0.316 e. The molecule has 0 rings (SSSR count). The van der Waals surface area contributed by atoms with Crippen LogP contribution < -0.4 is 0 Å². The van der Waals surface area contributed by atoms with Gasteiger partial charge in [0.1, 0.15) is 0 Å². The highest BCUT2D eigenvalue weighted by atomic mass is 16.2. The molecule has 0 aromatic rings. The summed E-state index contributed by atoms with van der Waals surface area (Å²) in [4.78, 5) is 12.4. The van der Waals surface area contributed by atoms with Gasteiger partial charge in [-0.05, 0) is 13.0 Å². The topological polar surface area (TPSA) is 20.3 Å². The van der Waals surface area contributed by atoms with Crippen molar-refractivity contribution >= 4 is 5.91 Å². The smallest absolute Gasteiger partial charge is 0.226 e. The number of rotatable bonds is 3. The van der Waals surface area contributed by atoms with E-state index in [9.17, 15) is 4.79 Å². The second kappa shape index (κ2) is 15.2. The van der Waals surface area contributed by atoms with Crippen molar-refractivity contribution in [2.75, 3.05) is 7.05 Å². The maximum Gasteiger partial charge on any atom is 0.226 e. The summed E-state index contributed by atoms with van der Waals surface area (Å²) in [5, 5.41) is 0. The van der Waals surface area contributed by atoms with Gasteiger partial charge >= 0.3 is 0 Å². The zero-order valence-corrected chi connectivity index (χ0v) is 10.8. The lowest BCUT2D eigenvalue weighted by atomic mass is 10.3. The summed E-state index contributed by atoms with van der Waals surface area (Å²) in [5.41, 5.74) is 0.645. The van der Waals surface area contributed by atoms with Crippen molar-refractivity contribution in [2.45, 2.75) is 34.1 Å². The van der Waals surface area contributed by atoms with Crippen LogP contribution in [0.1, 0.15) is 34.1 Å². The zero-order valence-electron chi connectivity index (χ0n) is 10.8. The van der Waals surface area contributed by atoms with Crippen molar-refractivity contribution in [3.8, 4) is 0 Å². The van der Waals surface area contributed by atoms with Gasteiger partial charge in [0.15, 0.2) is 0 Å². The third-order valence-electron chi connectivity index (χ3n) is 1.34. The van der Waals surface area contributed by atoms with Gasteiger partial charge in [0.2, 0.25) is 5.91 Å². The Morgan fingerprint density at radius 2 is 1.67 bits per heavy atom. The van der Waals surface area contributed by atoms with Gasteiger partial charge < -0.3 is 4.90 Å². The molecule has 0 N–H and O–H groups in total. The van der Waals surface area contributed by atoms with Crippen LogP contribution in [0, 0.1) is 0 Å². The van der Waals surface area contributed by atoms with Crippen molar-refractivity contribution in [3.05, 3.63) is 37.6 Å². The van der Waals surface area contributed by atoms with E-state index < -0.39 is 0 Å². The van der Waals surface area contributed by atoms with E-state index in [1.54, 1.807) is 19.2 Å². The van der Waals surface area contributed by atoms with Crippen LogP contribution >= 0.6 is 0 Å². The molecule has 0 aliphatic rings. The molecule has 2 nitrogen and oxygen atoms in total. The predicted octanol–water partition coefficient (Wildman–Crippen LogP) is 3.77. The van der Waals surface area contributed by atoms with Crippen LogP contribution in [0.25, 0.3) is 0 Å². The Kier molecular flexibility index (Phi) is 19.5. The average molecular weight is 211 g/mol. The van der Waals surface area contributed by atoms with E-state index in [0.717, 1.165) is 0 Å². The van der Waals surface area contributed by atoms with Crippen LogP contribution in [-0.4, -0.2) is 17.9 Å². The number of hydrogen-bond donors (Lipinski definition) is 0. The van der Waals surface area contributed by atoms with Gasteiger partial charge in [-0.3, -0.25) is 4.79 Å². The van der Waals surface area contributed by atoms with Crippen LogP contribution in [0.4, 0.5) is 0 Å². The molecule has 2 heteroatoms. The van der Waals surface area contributed by atoms with Crippen molar-refractivity contribution in [3.63, 3.8) is 0 Å². The van der Waals surface area contributed by atoms with Crippen LogP contribution in [-0.2, 0) is 4.79 Å². The lowest BCUT2D eigenvalue weighted by Gasteiger charge is -2.15. The number of carbonyl (C=O) groups is 1. The fourth-order valence-electron chi connectivity index (χ4n) is 0.534. The van der Waals surface area contributed by atoms with E-state index in [0.29, 0.717) is 12.1 Å². The van der Waals surface area contributed by atoms with Crippen LogP contribution in [0.5, 0.6) is 0 Å². The highest BCUT2D eigenvalue weighted by Crippen LogP contribution is 2.00. The summed E-state index contributed by atoms with van der Waals surface area (Å²) >= 11 is 0. The van der Waals surface area contributed by atoms with Gasteiger partial charge in [-0.1, -0.05) is 40.0 Å². The van der Waals surface area contributed by atoms with E-state index >= 15 is 0 Å². The first-order valence-electron chi connectivity index (χ1n) is 5.20. The molecule has 15 heavy (non-hydrogen) atoms. The number of carbonyl (C=O) groups excluding carboxylic acids is 1. The maximum atomic E-state index is 10.9. The molecule has 0 aromatic carbocycles. The van der Waals surface area contributed by atoms with E-state index in [1.165, 1.54) is 4.90 Å². The summed E-state index contributed by atoms with van der Waals surface area (Å²) in [7, 11) is 1.69. The Bertz CT molecular complexity index is 195. The van der Waals surface area contributed by atoms with Crippen molar-refractivity contribution in [1.82, 2.24) is 4.90 Å². The van der Waals surface area contributed by atoms with Gasteiger partial charge in [0.05, 0.1) is 0 Å². The standard InChI is InChI=1S/C8H13NO.C3H6.C2H6/c1-5-7(3)9(4)8(10)6-2;1-3-2;1-2/h5H,1,3,6H2,2,4H3;3H,1H2,2H3;1-2H3. The van der Waals surface area contributed by atoms with Gasteiger partial charge in [0, 0.05) is 19.2 Å². The fourth-order valence-corrected chi connectivity index (χ4v) is 0.534. The van der Waals surface area contributed by atoms with Crippen LogP contribution in [0.15, 0.2) is 37.6 Å². The first-order chi connectivity index (χ1) is 7.04. The van der Waals surface area contributed by atoms with Crippen LogP contribution in [0.3, 0.4) is 0 Å². The second-order valence-electron chi connectivity index (χ2n) is 2.41.